The van der Waals surface area contributed by atoms with Gasteiger partial charge >= 0.3 is 0 Å². The van der Waals surface area contributed by atoms with Gasteiger partial charge in [-0.25, -0.2) is 0 Å². The van der Waals surface area contributed by atoms with Crippen LogP contribution in [0.5, 0.6) is 5.75 Å². The zero-order valence-electron chi connectivity index (χ0n) is 12.0. The molecule has 0 aliphatic carbocycles. The number of aromatic hydroxyl groups is 1. The maximum Gasteiger partial charge on any atom is 0.239 e. The lowest BCUT2D eigenvalue weighted by Gasteiger charge is -2.21. The molecule has 0 saturated heterocycles. The second kappa shape index (κ2) is 7.24. The van der Waals surface area contributed by atoms with Gasteiger partial charge in [0, 0.05) is 18.5 Å². The molecule has 0 fully saturated rings. The molecule has 3 N–H and O–H groups in total. The van der Waals surface area contributed by atoms with E-state index in [9.17, 15) is 9.90 Å². The van der Waals surface area contributed by atoms with Crippen molar-refractivity contribution >= 4 is 17.2 Å². The average Bonchev–Trinajstić information content (AvgIpc) is 2.99. The summed E-state index contributed by atoms with van der Waals surface area (Å²) in [5.74, 6) is 0.159. The topological polar surface area (TPSA) is 66.6 Å². The number of hydrogen-bond donors (Lipinski definition) is 2. The maximum atomic E-state index is 12.2. The summed E-state index contributed by atoms with van der Waals surface area (Å²) in [6.07, 6.45) is 1.33. The number of nitrogens with two attached hydrogens (primary N) is 1. The van der Waals surface area contributed by atoms with Gasteiger partial charge in [0.05, 0.1) is 6.04 Å². The minimum atomic E-state index is -0.553. The van der Waals surface area contributed by atoms with Crippen LogP contribution < -0.4 is 5.73 Å². The molecule has 2 rings (SSSR count). The van der Waals surface area contributed by atoms with E-state index in [0.29, 0.717) is 13.0 Å². The fraction of sp³-hybridized carbons (Fsp3) is 0.312. The van der Waals surface area contributed by atoms with Gasteiger partial charge in [0.15, 0.2) is 0 Å². The van der Waals surface area contributed by atoms with E-state index in [0.717, 1.165) is 12.0 Å². The van der Waals surface area contributed by atoms with Crippen molar-refractivity contribution < 1.29 is 9.90 Å². The van der Waals surface area contributed by atoms with Crippen LogP contribution in [0.2, 0.25) is 0 Å². The van der Waals surface area contributed by atoms with Crippen LogP contribution in [0.15, 0.2) is 41.8 Å². The molecule has 0 spiro atoms. The molecule has 112 valence electrons. The van der Waals surface area contributed by atoms with Crippen LogP contribution in [0, 0.1) is 0 Å². The SMILES string of the molecule is CN(CCc1cccs1)C(=O)[C@@H](N)Cc1ccc(O)cc1. The van der Waals surface area contributed by atoms with Gasteiger partial charge in [-0.2, -0.15) is 0 Å². The number of phenolic OH excluding ortho intramolecular Hbond substituents is 1. The van der Waals surface area contributed by atoms with Crippen LogP contribution in [0.1, 0.15) is 10.4 Å². The normalized spacial score (nSPS) is 12.1. The van der Waals surface area contributed by atoms with Crippen LogP contribution in [0.25, 0.3) is 0 Å². The highest BCUT2D eigenvalue weighted by Crippen LogP contribution is 2.12. The summed E-state index contributed by atoms with van der Waals surface area (Å²) >= 11 is 1.70. The van der Waals surface area contributed by atoms with Gasteiger partial charge in [-0.3, -0.25) is 4.79 Å². The van der Waals surface area contributed by atoms with E-state index in [-0.39, 0.29) is 11.7 Å². The smallest absolute Gasteiger partial charge is 0.239 e. The fourth-order valence-electron chi connectivity index (χ4n) is 2.10. The maximum absolute atomic E-state index is 12.2. The molecule has 1 atom stereocenters. The highest BCUT2D eigenvalue weighted by molar-refractivity contribution is 7.09. The summed E-state index contributed by atoms with van der Waals surface area (Å²) in [4.78, 5) is 15.2. The first kappa shape index (κ1) is 15.5. The molecule has 0 radical (unpaired) electrons. The molecule has 4 nitrogen and oxygen atoms in total. The van der Waals surface area contributed by atoms with Crippen LogP contribution >= 0.6 is 11.3 Å². The lowest BCUT2D eigenvalue weighted by Crippen LogP contribution is -2.43. The Kier molecular flexibility index (Phi) is 5.36. The minimum absolute atomic E-state index is 0.0559. The Morgan fingerprint density at radius 3 is 2.67 bits per heavy atom. The van der Waals surface area contributed by atoms with E-state index in [1.807, 2.05) is 11.4 Å². The average molecular weight is 304 g/mol. The molecule has 0 saturated carbocycles. The summed E-state index contributed by atoms with van der Waals surface area (Å²) in [6, 6.07) is 10.3. The molecule has 0 bridgehead atoms. The van der Waals surface area contributed by atoms with Crippen molar-refractivity contribution in [1.29, 1.82) is 0 Å². The van der Waals surface area contributed by atoms with Crippen molar-refractivity contribution in [3.63, 3.8) is 0 Å². The lowest BCUT2D eigenvalue weighted by atomic mass is 10.1. The number of amides is 1. The van der Waals surface area contributed by atoms with Gasteiger partial charge in [0.25, 0.3) is 0 Å². The molecule has 5 heteroatoms. The first-order valence-electron chi connectivity index (χ1n) is 6.87. The molecule has 0 unspecified atom stereocenters. The number of carbonyl (C=O) groups excluding carboxylic acids is 1. The third kappa shape index (κ3) is 4.58. The van der Waals surface area contributed by atoms with Gasteiger partial charge in [-0.15, -0.1) is 11.3 Å². The predicted molar refractivity (Wildman–Crippen MR) is 85.4 cm³/mol. The number of rotatable bonds is 6. The van der Waals surface area contributed by atoms with Gasteiger partial charge < -0.3 is 15.7 Å². The molecule has 1 heterocycles. The van der Waals surface area contributed by atoms with Crippen LogP contribution in [-0.2, 0) is 17.6 Å². The number of hydrogen-bond acceptors (Lipinski definition) is 4. The Bertz CT molecular complexity index is 566. The van der Waals surface area contributed by atoms with E-state index >= 15 is 0 Å². The second-order valence-electron chi connectivity index (χ2n) is 5.07. The summed E-state index contributed by atoms with van der Waals surface area (Å²) in [7, 11) is 1.78. The van der Waals surface area contributed by atoms with Gasteiger partial charge in [-0.1, -0.05) is 18.2 Å². The van der Waals surface area contributed by atoms with Crippen molar-refractivity contribution in [2.24, 2.45) is 5.73 Å². The molecule has 1 aromatic heterocycles. The molecule has 0 aliphatic heterocycles. The Labute approximate surface area is 128 Å². The van der Waals surface area contributed by atoms with Gasteiger partial charge in [0.1, 0.15) is 5.75 Å². The number of benzene rings is 1. The largest absolute Gasteiger partial charge is 0.508 e. The Morgan fingerprint density at radius 1 is 1.33 bits per heavy atom. The van der Waals surface area contributed by atoms with Gasteiger partial charge in [0.2, 0.25) is 5.91 Å². The van der Waals surface area contributed by atoms with Crippen LogP contribution in [0.4, 0.5) is 0 Å². The Balaban J connectivity index is 1.84. The second-order valence-corrected chi connectivity index (χ2v) is 6.10. The highest BCUT2D eigenvalue weighted by Gasteiger charge is 2.18. The lowest BCUT2D eigenvalue weighted by molar-refractivity contribution is -0.131. The number of phenols is 1. The van der Waals surface area contributed by atoms with Crippen LogP contribution in [-0.4, -0.2) is 35.5 Å². The quantitative estimate of drug-likeness (QED) is 0.858. The number of carbonyl (C=O) groups is 1. The third-order valence-electron chi connectivity index (χ3n) is 3.36. The summed E-state index contributed by atoms with van der Waals surface area (Å²) in [5, 5.41) is 11.3. The third-order valence-corrected chi connectivity index (χ3v) is 4.30. The van der Waals surface area contributed by atoms with Gasteiger partial charge in [-0.05, 0) is 42.0 Å². The molecule has 2 aromatic rings. The van der Waals surface area contributed by atoms with E-state index in [1.165, 1.54) is 4.88 Å². The molecular formula is C16H20N2O2S. The fourth-order valence-corrected chi connectivity index (χ4v) is 2.80. The van der Waals surface area contributed by atoms with Crippen molar-refractivity contribution in [1.82, 2.24) is 4.90 Å². The van der Waals surface area contributed by atoms with Crippen molar-refractivity contribution in [3.05, 3.63) is 52.2 Å². The zero-order valence-corrected chi connectivity index (χ0v) is 12.8. The van der Waals surface area contributed by atoms with E-state index in [4.69, 9.17) is 5.73 Å². The van der Waals surface area contributed by atoms with Crippen molar-refractivity contribution in [2.75, 3.05) is 13.6 Å². The van der Waals surface area contributed by atoms with Crippen molar-refractivity contribution in [3.8, 4) is 5.75 Å². The van der Waals surface area contributed by atoms with E-state index in [2.05, 4.69) is 6.07 Å². The molecule has 1 amide bonds. The van der Waals surface area contributed by atoms with Crippen LogP contribution in [0.3, 0.4) is 0 Å². The first-order valence-corrected chi connectivity index (χ1v) is 7.75. The Morgan fingerprint density at radius 2 is 2.05 bits per heavy atom. The number of thiophene rings is 1. The van der Waals surface area contributed by atoms with E-state index < -0.39 is 6.04 Å². The first-order chi connectivity index (χ1) is 10.1. The monoisotopic (exact) mass is 304 g/mol. The summed E-state index contributed by atoms with van der Waals surface area (Å²) in [6.45, 7) is 0.669. The number of likely N-dealkylation sites (N-methyl/N-ethyl adjacent to an activating group) is 1. The van der Waals surface area contributed by atoms with Crippen molar-refractivity contribution in [2.45, 2.75) is 18.9 Å². The Hall–Kier alpha value is -1.85. The highest BCUT2D eigenvalue weighted by atomic mass is 32.1. The zero-order chi connectivity index (χ0) is 15.2. The molecule has 21 heavy (non-hydrogen) atoms. The molecule has 1 aromatic carbocycles. The minimum Gasteiger partial charge on any atom is -0.508 e. The molecular weight excluding hydrogens is 284 g/mol. The summed E-state index contributed by atoms with van der Waals surface area (Å²) in [5.41, 5.74) is 6.93. The number of nitrogens with zero attached hydrogens (tertiary/aromatic N) is 1. The van der Waals surface area contributed by atoms with E-state index in [1.54, 1.807) is 47.5 Å². The summed E-state index contributed by atoms with van der Waals surface area (Å²) < 4.78 is 0. The standard InChI is InChI=1S/C16H20N2O2S/c1-18(9-8-14-3-2-10-21-14)16(20)15(17)11-12-4-6-13(19)7-5-12/h2-7,10,15,19H,8-9,11,17H2,1H3/t15-/m0/s1. The molecule has 0 aliphatic rings. The predicted octanol–water partition coefficient (Wildman–Crippen LogP) is 2.02.